The summed E-state index contributed by atoms with van der Waals surface area (Å²) in [5, 5.41) is 4.59. The van der Waals surface area contributed by atoms with E-state index in [0.29, 0.717) is 22.8 Å². The highest BCUT2D eigenvalue weighted by atomic mass is 16.5. The van der Waals surface area contributed by atoms with Crippen LogP contribution in [0.2, 0.25) is 0 Å². The summed E-state index contributed by atoms with van der Waals surface area (Å²) in [4.78, 5) is 49.2. The predicted octanol–water partition coefficient (Wildman–Crippen LogP) is 1.86. The van der Waals surface area contributed by atoms with Crippen LogP contribution in [0.15, 0.2) is 68.7 Å². The first kappa shape index (κ1) is 24.2. The zero-order valence-corrected chi connectivity index (χ0v) is 19.8. The van der Waals surface area contributed by atoms with E-state index in [1.165, 1.54) is 20.2 Å². The first-order valence-electron chi connectivity index (χ1n) is 10.8. The van der Waals surface area contributed by atoms with Gasteiger partial charge in [0.15, 0.2) is 12.4 Å². The topological polar surface area (TPSA) is 144 Å². The van der Waals surface area contributed by atoms with Gasteiger partial charge in [-0.15, -0.1) is 0 Å². The first-order valence-corrected chi connectivity index (χ1v) is 10.8. The zero-order valence-electron chi connectivity index (χ0n) is 19.8. The number of carbonyl (C=O) groups is 2. The highest BCUT2D eigenvalue weighted by molar-refractivity contribution is 6.02. The van der Waals surface area contributed by atoms with E-state index in [1.807, 2.05) is 37.3 Å². The van der Waals surface area contributed by atoms with Gasteiger partial charge >= 0.3 is 11.7 Å². The molecule has 2 N–H and O–H groups in total. The number of benzene rings is 1. The summed E-state index contributed by atoms with van der Waals surface area (Å²) in [7, 11) is 2.56. The summed E-state index contributed by atoms with van der Waals surface area (Å²) in [5.74, 6) is -0.722. The lowest BCUT2D eigenvalue weighted by Crippen LogP contribution is -2.42. The van der Waals surface area contributed by atoms with Crippen LogP contribution in [-0.4, -0.2) is 37.3 Å². The number of nitrogens with zero attached hydrogens (tertiary/aromatic N) is 4. The van der Waals surface area contributed by atoms with Crippen LogP contribution in [0.3, 0.4) is 0 Å². The second-order valence-electron chi connectivity index (χ2n) is 7.95. The molecular weight excluding hydrogens is 466 g/mol. The average Bonchev–Trinajstić information content (AvgIpc) is 3.50. The molecule has 0 fully saturated rings. The van der Waals surface area contributed by atoms with E-state index in [-0.39, 0.29) is 5.82 Å². The fourth-order valence-electron chi connectivity index (χ4n) is 3.51. The summed E-state index contributed by atoms with van der Waals surface area (Å²) >= 11 is 0. The number of esters is 1. The normalized spacial score (nSPS) is 11.2. The largest absolute Gasteiger partial charge is 0.460 e. The number of anilines is 1. The van der Waals surface area contributed by atoms with Crippen molar-refractivity contribution in [2.24, 2.45) is 14.1 Å². The number of Topliss-reactive ketones (excluding diaryl/α,β-unsaturated/α-hetero) is 1. The monoisotopic (exact) mass is 489 g/mol. The van der Waals surface area contributed by atoms with Crippen molar-refractivity contribution in [1.82, 2.24) is 18.9 Å². The van der Waals surface area contributed by atoms with E-state index in [9.17, 15) is 19.2 Å². The number of ketones is 1. The second kappa shape index (κ2) is 9.74. The van der Waals surface area contributed by atoms with E-state index in [4.69, 9.17) is 14.9 Å². The van der Waals surface area contributed by atoms with Crippen molar-refractivity contribution >= 4 is 23.6 Å². The van der Waals surface area contributed by atoms with Crippen LogP contribution in [0.25, 0.3) is 23.2 Å². The molecule has 0 spiro atoms. The van der Waals surface area contributed by atoms with Crippen LogP contribution < -0.4 is 17.0 Å². The summed E-state index contributed by atoms with van der Waals surface area (Å²) in [5.41, 5.74) is 5.72. The van der Waals surface area contributed by atoms with Crippen molar-refractivity contribution in [3.63, 3.8) is 0 Å². The number of carbonyl (C=O) groups excluding carboxylic acids is 2. The highest BCUT2D eigenvalue weighted by Crippen LogP contribution is 2.26. The molecule has 0 saturated carbocycles. The molecule has 184 valence electrons. The van der Waals surface area contributed by atoms with Crippen molar-refractivity contribution in [2.75, 3.05) is 12.3 Å². The Balaban J connectivity index is 1.55. The third-order valence-electron chi connectivity index (χ3n) is 5.47. The summed E-state index contributed by atoms with van der Waals surface area (Å²) in [6.07, 6.45) is 4.36. The number of furan rings is 1. The van der Waals surface area contributed by atoms with Crippen molar-refractivity contribution in [3.05, 3.63) is 92.5 Å². The average molecular weight is 489 g/mol. The van der Waals surface area contributed by atoms with Crippen LogP contribution in [0.5, 0.6) is 0 Å². The quantitative estimate of drug-likeness (QED) is 0.235. The molecule has 0 aliphatic rings. The molecule has 0 atom stereocenters. The second-order valence-corrected chi connectivity index (χ2v) is 7.95. The predicted molar refractivity (Wildman–Crippen MR) is 132 cm³/mol. The fourth-order valence-corrected chi connectivity index (χ4v) is 3.51. The number of hydrogen-bond donors (Lipinski definition) is 1. The molecule has 11 nitrogen and oxygen atoms in total. The highest BCUT2D eigenvalue weighted by Gasteiger charge is 2.21. The lowest BCUT2D eigenvalue weighted by molar-refractivity contribution is -0.136. The molecule has 4 rings (SSSR count). The van der Waals surface area contributed by atoms with Gasteiger partial charge in [0.1, 0.15) is 22.8 Å². The standard InChI is InChI=1S/C25H23N5O6/c1-15-9-11-19(36-15)22-16(13-30(27-22)17-7-5-4-6-8-17)10-12-20(32)35-14-18(31)21-23(26)28(2)25(34)29(3)24(21)33/h4-13H,14,26H2,1-3H3/b12-10+. The van der Waals surface area contributed by atoms with E-state index in [2.05, 4.69) is 5.10 Å². The third kappa shape index (κ3) is 4.67. The van der Waals surface area contributed by atoms with E-state index in [0.717, 1.165) is 20.9 Å². The molecule has 1 aromatic carbocycles. The smallest absolute Gasteiger partial charge is 0.332 e. The van der Waals surface area contributed by atoms with Crippen molar-refractivity contribution in [1.29, 1.82) is 0 Å². The van der Waals surface area contributed by atoms with Gasteiger partial charge in [-0.05, 0) is 37.3 Å². The molecule has 3 heterocycles. The Labute approximate surface area is 204 Å². The molecule has 0 saturated heterocycles. The van der Waals surface area contributed by atoms with Gasteiger partial charge in [0, 0.05) is 31.9 Å². The van der Waals surface area contributed by atoms with E-state index >= 15 is 0 Å². The van der Waals surface area contributed by atoms with Gasteiger partial charge in [0.05, 0.1) is 5.69 Å². The maximum atomic E-state index is 12.5. The van der Waals surface area contributed by atoms with Gasteiger partial charge in [-0.3, -0.25) is 18.7 Å². The van der Waals surface area contributed by atoms with Gasteiger partial charge in [-0.25, -0.2) is 14.3 Å². The van der Waals surface area contributed by atoms with Gasteiger partial charge in [-0.1, -0.05) is 18.2 Å². The van der Waals surface area contributed by atoms with Crippen LogP contribution >= 0.6 is 0 Å². The summed E-state index contributed by atoms with van der Waals surface area (Å²) in [6.45, 7) is 1.08. The van der Waals surface area contributed by atoms with Gasteiger partial charge < -0.3 is 14.9 Å². The molecule has 4 aromatic rings. The van der Waals surface area contributed by atoms with E-state index in [1.54, 1.807) is 23.0 Å². The molecule has 0 aliphatic carbocycles. The molecule has 0 amide bonds. The molecule has 0 bridgehead atoms. The Morgan fingerprint density at radius 1 is 1.08 bits per heavy atom. The molecule has 0 radical (unpaired) electrons. The molecule has 3 aromatic heterocycles. The Bertz CT molecular complexity index is 1600. The fraction of sp³-hybridized carbons (Fsp3) is 0.160. The number of nitrogen functional groups attached to an aromatic ring is 1. The lowest BCUT2D eigenvalue weighted by Gasteiger charge is -2.10. The molecular formula is C25H23N5O6. The lowest BCUT2D eigenvalue weighted by atomic mass is 10.2. The molecule has 36 heavy (non-hydrogen) atoms. The van der Waals surface area contributed by atoms with Crippen molar-refractivity contribution in [3.8, 4) is 17.1 Å². The van der Waals surface area contributed by atoms with Crippen molar-refractivity contribution in [2.45, 2.75) is 6.92 Å². The summed E-state index contributed by atoms with van der Waals surface area (Å²) in [6, 6.07) is 13.0. The Morgan fingerprint density at radius 3 is 2.47 bits per heavy atom. The summed E-state index contributed by atoms with van der Waals surface area (Å²) < 4.78 is 14.1. The van der Waals surface area contributed by atoms with E-state index < -0.39 is 35.2 Å². The number of aryl methyl sites for hydroxylation is 1. The SMILES string of the molecule is Cc1ccc(-c2nn(-c3ccccc3)cc2/C=C/C(=O)OCC(=O)c2c(N)n(C)c(=O)n(C)c2=O)o1. The number of ether oxygens (including phenoxy) is 1. The molecule has 0 aliphatic heterocycles. The molecule has 11 heteroatoms. The van der Waals surface area contributed by atoms with Crippen LogP contribution in [0.4, 0.5) is 5.82 Å². The number of hydrogen-bond acceptors (Lipinski definition) is 8. The Kier molecular flexibility index (Phi) is 6.55. The first-order chi connectivity index (χ1) is 17.2. The van der Waals surface area contributed by atoms with Crippen LogP contribution in [0.1, 0.15) is 21.7 Å². The van der Waals surface area contributed by atoms with Crippen molar-refractivity contribution < 1.29 is 18.7 Å². The zero-order chi connectivity index (χ0) is 26.0. The minimum absolute atomic E-state index is 0.300. The number of aromatic nitrogens is 4. The number of rotatable bonds is 7. The van der Waals surface area contributed by atoms with Crippen LogP contribution in [-0.2, 0) is 23.6 Å². The van der Waals surface area contributed by atoms with Crippen LogP contribution in [0, 0.1) is 6.92 Å². The number of para-hydroxylation sites is 1. The van der Waals surface area contributed by atoms with Gasteiger partial charge in [0.2, 0.25) is 5.78 Å². The maximum absolute atomic E-state index is 12.5. The maximum Gasteiger partial charge on any atom is 0.332 e. The minimum Gasteiger partial charge on any atom is -0.460 e. The number of nitrogens with two attached hydrogens (primary N) is 1. The molecule has 0 unspecified atom stereocenters. The van der Waals surface area contributed by atoms with Gasteiger partial charge in [-0.2, -0.15) is 5.10 Å². The Hall–Kier alpha value is -4.93. The third-order valence-corrected chi connectivity index (χ3v) is 5.47. The minimum atomic E-state index is -0.862. The Morgan fingerprint density at radius 2 is 1.81 bits per heavy atom. The van der Waals surface area contributed by atoms with Gasteiger partial charge in [0.25, 0.3) is 5.56 Å².